The van der Waals surface area contributed by atoms with Crippen molar-refractivity contribution in [2.45, 2.75) is 25.4 Å². The van der Waals surface area contributed by atoms with Gasteiger partial charge in [-0.15, -0.1) is 0 Å². The molecule has 1 aromatic rings. The molecular formula is C12H12F2O2. The number of carbonyl (C=O) groups is 1. The molecule has 86 valence electrons. The van der Waals surface area contributed by atoms with Crippen LogP contribution in [0.3, 0.4) is 0 Å². The molecule has 2 rings (SSSR count). The van der Waals surface area contributed by atoms with Crippen molar-refractivity contribution in [3.05, 3.63) is 35.4 Å². The first-order chi connectivity index (χ1) is 7.53. The Morgan fingerprint density at radius 2 is 2.12 bits per heavy atom. The normalized spacial score (nSPS) is 25.8. The summed E-state index contributed by atoms with van der Waals surface area (Å²) in [5.74, 6) is -1.84. The molecule has 0 spiro atoms. The fourth-order valence-corrected chi connectivity index (χ4v) is 1.99. The molecule has 1 saturated heterocycles. The van der Waals surface area contributed by atoms with E-state index in [0.717, 1.165) is 6.07 Å². The number of hydrogen-bond donors (Lipinski definition) is 0. The van der Waals surface area contributed by atoms with Gasteiger partial charge in [-0.3, -0.25) is 4.79 Å². The summed E-state index contributed by atoms with van der Waals surface area (Å²) >= 11 is 0. The Bertz CT molecular complexity index is 431. The number of rotatable bonds is 1. The highest BCUT2D eigenvalue weighted by Crippen LogP contribution is 2.35. The maximum atomic E-state index is 13.6. The Morgan fingerprint density at radius 1 is 1.38 bits per heavy atom. The third-order valence-electron chi connectivity index (χ3n) is 2.86. The fraction of sp³-hybridized carbons (Fsp3) is 0.417. The van der Waals surface area contributed by atoms with Crippen LogP contribution in [-0.2, 0) is 15.1 Å². The summed E-state index contributed by atoms with van der Waals surface area (Å²) < 4.78 is 32.1. The van der Waals surface area contributed by atoms with Crippen molar-refractivity contribution >= 4 is 5.78 Å². The van der Waals surface area contributed by atoms with E-state index in [1.165, 1.54) is 12.1 Å². The van der Waals surface area contributed by atoms with Crippen LogP contribution in [0.2, 0.25) is 0 Å². The molecule has 16 heavy (non-hydrogen) atoms. The quantitative estimate of drug-likeness (QED) is 0.735. The molecule has 1 aliphatic rings. The van der Waals surface area contributed by atoms with Gasteiger partial charge in [0.15, 0.2) is 11.6 Å². The molecule has 0 aliphatic carbocycles. The van der Waals surface area contributed by atoms with Gasteiger partial charge in [0.25, 0.3) is 0 Å². The molecule has 1 fully saturated rings. The highest BCUT2D eigenvalue weighted by molar-refractivity contribution is 5.80. The van der Waals surface area contributed by atoms with Crippen molar-refractivity contribution in [1.82, 2.24) is 0 Å². The van der Waals surface area contributed by atoms with Gasteiger partial charge in [0.05, 0.1) is 6.61 Å². The molecule has 1 aliphatic heterocycles. The molecule has 1 aromatic carbocycles. The van der Waals surface area contributed by atoms with Crippen LogP contribution in [0, 0.1) is 11.6 Å². The number of ether oxygens (including phenoxy) is 1. The number of ketones is 1. The number of benzene rings is 1. The Labute approximate surface area is 92.2 Å². The molecular weight excluding hydrogens is 214 g/mol. The van der Waals surface area contributed by atoms with Gasteiger partial charge in [0.1, 0.15) is 11.4 Å². The lowest BCUT2D eigenvalue weighted by Crippen LogP contribution is -2.35. The molecule has 0 N–H and O–H groups in total. The lowest BCUT2D eigenvalue weighted by molar-refractivity contribution is -0.139. The van der Waals surface area contributed by atoms with Gasteiger partial charge in [-0.2, -0.15) is 0 Å². The van der Waals surface area contributed by atoms with Crippen LogP contribution in [-0.4, -0.2) is 12.4 Å². The lowest BCUT2D eigenvalue weighted by Gasteiger charge is -2.33. The van der Waals surface area contributed by atoms with Crippen LogP contribution in [0.4, 0.5) is 8.78 Å². The molecule has 2 nitrogen and oxygen atoms in total. The van der Waals surface area contributed by atoms with Crippen LogP contribution >= 0.6 is 0 Å². The van der Waals surface area contributed by atoms with E-state index >= 15 is 0 Å². The summed E-state index contributed by atoms with van der Waals surface area (Å²) in [7, 11) is 0. The van der Waals surface area contributed by atoms with Crippen LogP contribution < -0.4 is 0 Å². The van der Waals surface area contributed by atoms with Crippen LogP contribution in [0.25, 0.3) is 0 Å². The van der Waals surface area contributed by atoms with Crippen LogP contribution in [0.5, 0.6) is 0 Å². The molecule has 1 heterocycles. The highest BCUT2D eigenvalue weighted by atomic mass is 19.2. The van der Waals surface area contributed by atoms with Crippen LogP contribution in [0.1, 0.15) is 25.3 Å². The van der Waals surface area contributed by atoms with Gasteiger partial charge in [0.2, 0.25) is 0 Å². The predicted octanol–water partition coefficient (Wildman–Crippen LogP) is 2.56. The zero-order chi connectivity index (χ0) is 11.8. The van der Waals surface area contributed by atoms with Crippen molar-refractivity contribution in [1.29, 1.82) is 0 Å². The number of carbonyl (C=O) groups excluding carboxylic acids is 1. The molecule has 4 heteroatoms. The standard InChI is InChI=1S/C12H12F2O2/c1-12(7-8(15)5-6-16-12)9-3-2-4-10(13)11(9)14/h2-4H,5-7H2,1H3. The summed E-state index contributed by atoms with van der Waals surface area (Å²) in [6.45, 7) is 1.87. The van der Waals surface area contributed by atoms with Crippen molar-refractivity contribution < 1.29 is 18.3 Å². The first kappa shape index (κ1) is 11.2. The Kier molecular flexibility index (Phi) is 2.76. The smallest absolute Gasteiger partial charge is 0.164 e. The first-order valence-electron chi connectivity index (χ1n) is 5.13. The van der Waals surface area contributed by atoms with E-state index in [9.17, 15) is 13.6 Å². The average molecular weight is 226 g/mol. The number of Topliss-reactive ketones (excluding diaryl/α,β-unsaturated/α-hetero) is 1. The van der Waals surface area contributed by atoms with E-state index in [0.29, 0.717) is 6.42 Å². The average Bonchev–Trinajstić information content (AvgIpc) is 2.21. The molecule has 0 bridgehead atoms. The number of halogens is 2. The van der Waals surface area contributed by atoms with Gasteiger partial charge in [-0.05, 0) is 13.0 Å². The third-order valence-corrected chi connectivity index (χ3v) is 2.86. The highest BCUT2D eigenvalue weighted by Gasteiger charge is 2.36. The zero-order valence-corrected chi connectivity index (χ0v) is 8.93. The maximum Gasteiger partial charge on any atom is 0.164 e. The van der Waals surface area contributed by atoms with Gasteiger partial charge in [0, 0.05) is 18.4 Å². The Morgan fingerprint density at radius 3 is 2.81 bits per heavy atom. The van der Waals surface area contributed by atoms with Crippen molar-refractivity contribution in [2.24, 2.45) is 0 Å². The lowest BCUT2D eigenvalue weighted by atomic mass is 9.87. The van der Waals surface area contributed by atoms with Crippen molar-refractivity contribution in [2.75, 3.05) is 6.61 Å². The van der Waals surface area contributed by atoms with Crippen LogP contribution in [0.15, 0.2) is 18.2 Å². The van der Waals surface area contributed by atoms with Gasteiger partial charge < -0.3 is 4.74 Å². The molecule has 0 amide bonds. The van der Waals surface area contributed by atoms with E-state index in [-0.39, 0.29) is 24.4 Å². The summed E-state index contributed by atoms with van der Waals surface area (Å²) in [6, 6.07) is 3.92. The second-order valence-corrected chi connectivity index (χ2v) is 4.15. The van der Waals surface area contributed by atoms with Crippen molar-refractivity contribution in [3.8, 4) is 0 Å². The van der Waals surface area contributed by atoms with E-state index in [2.05, 4.69) is 0 Å². The van der Waals surface area contributed by atoms with Gasteiger partial charge in [-0.25, -0.2) is 8.78 Å². The molecule has 0 aromatic heterocycles. The largest absolute Gasteiger partial charge is 0.370 e. The van der Waals surface area contributed by atoms with E-state index < -0.39 is 17.2 Å². The minimum Gasteiger partial charge on any atom is -0.370 e. The second kappa shape index (κ2) is 3.94. The van der Waals surface area contributed by atoms with E-state index in [1.54, 1.807) is 6.92 Å². The number of hydrogen-bond acceptors (Lipinski definition) is 2. The minimum absolute atomic E-state index is 0.0115. The monoisotopic (exact) mass is 226 g/mol. The Hall–Kier alpha value is -1.29. The van der Waals surface area contributed by atoms with E-state index in [1.807, 2.05) is 0 Å². The second-order valence-electron chi connectivity index (χ2n) is 4.15. The predicted molar refractivity (Wildman–Crippen MR) is 53.9 cm³/mol. The minimum atomic E-state index is -1.04. The first-order valence-corrected chi connectivity index (χ1v) is 5.13. The van der Waals surface area contributed by atoms with E-state index in [4.69, 9.17) is 4.74 Å². The molecule has 1 unspecified atom stereocenters. The summed E-state index contributed by atoms with van der Waals surface area (Å²) in [4.78, 5) is 11.4. The molecule has 1 atom stereocenters. The summed E-state index contributed by atoms with van der Waals surface area (Å²) in [5.41, 5.74) is -0.929. The SMILES string of the molecule is CC1(c2cccc(F)c2F)CC(=O)CCO1. The molecule has 0 saturated carbocycles. The maximum absolute atomic E-state index is 13.6. The van der Waals surface area contributed by atoms with Crippen molar-refractivity contribution in [3.63, 3.8) is 0 Å². The topological polar surface area (TPSA) is 26.3 Å². The van der Waals surface area contributed by atoms with Gasteiger partial charge >= 0.3 is 0 Å². The molecule has 0 radical (unpaired) electrons. The fourth-order valence-electron chi connectivity index (χ4n) is 1.99. The van der Waals surface area contributed by atoms with Gasteiger partial charge in [-0.1, -0.05) is 12.1 Å². The summed E-state index contributed by atoms with van der Waals surface area (Å²) in [5, 5.41) is 0. The zero-order valence-electron chi connectivity index (χ0n) is 8.93. The summed E-state index contributed by atoms with van der Waals surface area (Å²) in [6.07, 6.45) is 0.430. The third kappa shape index (κ3) is 1.85. The Balaban J connectivity index is 2.42.